The Hall–Kier alpha value is -1.20. The molecule has 0 spiro atoms. The van der Waals surface area contributed by atoms with Crippen LogP contribution in [0.15, 0.2) is 24.3 Å². The Morgan fingerprint density at radius 3 is 2.67 bits per heavy atom. The summed E-state index contributed by atoms with van der Waals surface area (Å²) in [4.78, 5) is 11.5. The Labute approximate surface area is 91.1 Å². The highest BCUT2D eigenvalue weighted by molar-refractivity contribution is 7.75. The molecule has 5 heteroatoms. The van der Waals surface area contributed by atoms with E-state index in [0.717, 1.165) is 5.56 Å². The molecule has 1 aromatic rings. The minimum atomic E-state index is -2.01. The lowest BCUT2D eigenvalue weighted by atomic mass is 10.1. The average Bonchev–Trinajstić information content (AvgIpc) is 2.18. The quantitative estimate of drug-likeness (QED) is 0.788. The van der Waals surface area contributed by atoms with Crippen molar-refractivity contribution in [2.45, 2.75) is 13.8 Å². The molecule has 0 fully saturated rings. The summed E-state index contributed by atoms with van der Waals surface area (Å²) in [5, 5.41) is 0. The van der Waals surface area contributed by atoms with Crippen molar-refractivity contribution < 1.29 is 17.4 Å². The van der Waals surface area contributed by atoms with E-state index in [9.17, 15) is 9.00 Å². The summed E-state index contributed by atoms with van der Waals surface area (Å²) in [7, 11) is 0. The summed E-state index contributed by atoms with van der Waals surface area (Å²) in [5.41, 5.74) is 1.17. The molecule has 0 aromatic heterocycles. The summed E-state index contributed by atoms with van der Waals surface area (Å²) in [6, 6.07) is 6.92. The fourth-order valence-electron chi connectivity index (χ4n) is 1.03. The lowest BCUT2D eigenvalue weighted by molar-refractivity contribution is 0.0733. The number of aryl methyl sites for hydroxylation is 1. The van der Waals surface area contributed by atoms with Gasteiger partial charge in [-0.05, 0) is 25.5 Å². The number of carbonyl (C=O) groups excluding carboxylic acids is 1. The largest absolute Gasteiger partial charge is 0.363 e. The van der Waals surface area contributed by atoms with Crippen molar-refractivity contribution in [1.29, 1.82) is 0 Å². The monoisotopic (exact) mass is 228 g/mol. The van der Waals surface area contributed by atoms with Gasteiger partial charge >= 0.3 is 17.3 Å². The molecule has 1 atom stereocenters. The first kappa shape index (κ1) is 11.9. The lowest BCUT2D eigenvalue weighted by Crippen LogP contribution is -2.11. The minimum Gasteiger partial charge on any atom is -0.339 e. The number of hydrogen-bond donors (Lipinski definition) is 0. The molecule has 15 heavy (non-hydrogen) atoms. The standard InChI is InChI=1S/C10H12O4S/c1-3-13-15(12)14-10(11)9-7-5-4-6-8(9)2/h4-7H,3H2,1-2H3. The second-order valence-electron chi connectivity index (χ2n) is 2.80. The van der Waals surface area contributed by atoms with Gasteiger partial charge in [-0.3, -0.25) is 4.18 Å². The summed E-state index contributed by atoms with van der Waals surface area (Å²) in [5.74, 6) is -0.639. The van der Waals surface area contributed by atoms with Crippen LogP contribution in [0.1, 0.15) is 22.8 Å². The molecule has 0 aliphatic carbocycles. The first-order valence-electron chi connectivity index (χ1n) is 4.48. The zero-order chi connectivity index (χ0) is 11.3. The summed E-state index contributed by atoms with van der Waals surface area (Å²) >= 11 is -2.01. The highest BCUT2D eigenvalue weighted by Crippen LogP contribution is 2.09. The Kier molecular flexibility index (Phi) is 4.45. The van der Waals surface area contributed by atoms with Crippen molar-refractivity contribution in [3.05, 3.63) is 35.4 Å². The van der Waals surface area contributed by atoms with Gasteiger partial charge in [0.05, 0.1) is 12.2 Å². The van der Waals surface area contributed by atoms with Gasteiger partial charge in [-0.25, -0.2) is 4.79 Å². The molecule has 0 radical (unpaired) electrons. The maximum absolute atomic E-state index is 11.5. The van der Waals surface area contributed by atoms with Gasteiger partial charge in [0.15, 0.2) is 0 Å². The normalized spacial score (nSPS) is 12.1. The van der Waals surface area contributed by atoms with Crippen LogP contribution in [0.4, 0.5) is 0 Å². The second kappa shape index (κ2) is 5.63. The van der Waals surface area contributed by atoms with Crippen LogP contribution in [0.2, 0.25) is 0 Å². The Balaban J connectivity index is 2.70. The van der Waals surface area contributed by atoms with Crippen molar-refractivity contribution >= 4 is 17.3 Å². The van der Waals surface area contributed by atoms with Crippen molar-refractivity contribution in [3.63, 3.8) is 0 Å². The van der Waals surface area contributed by atoms with E-state index >= 15 is 0 Å². The molecule has 1 unspecified atom stereocenters. The van der Waals surface area contributed by atoms with Crippen molar-refractivity contribution in [1.82, 2.24) is 0 Å². The molecule has 0 saturated carbocycles. The van der Waals surface area contributed by atoms with Gasteiger partial charge in [0.1, 0.15) is 0 Å². The third-order valence-electron chi connectivity index (χ3n) is 1.72. The van der Waals surface area contributed by atoms with E-state index in [1.54, 1.807) is 32.0 Å². The van der Waals surface area contributed by atoms with E-state index in [1.807, 2.05) is 6.07 Å². The van der Waals surface area contributed by atoms with Crippen LogP contribution in [0.5, 0.6) is 0 Å². The molecule has 0 heterocycles. The zero-order valence-corrected chi connectivity index (χ0v) is 9.37. The molecule has 4 nitrogen and oxygen atoms in total. The van der Waals surface area contributed by atoms with Gasteiger partial charge in [0.2, 0.25) is 0 Å². The fraction of sp³-hybridized carbons (Fsp3) is 0.300. The van der Waals surface area contributed by atoms with E-state index in [0.29, 0.717) is 5.56 Å². The number of hydrogen-bond acceptors (Lipinski definition) is 4. The molecule has 0 bridgehead atoms. The molecule has 0 saturated heterocycles. The molecule has 0 N–H and O–H groups in total. The first-order valence-corrected chi connectivity index (χ1v) is 5.48. The van der Waals surface area contributed by atoms with Crippen LogP contribution in [0.3, 0.4) is 0 Å². The highest BCUT2D eigenvalue weighted by Gasteiger charge is 2.13. The summed E-state index contributed by atoms with van der Waals surface area (Å²) in [6.07, 6.45) is 0. The van der Waals surface area contributed by atoms with Gasteiger partial charge in [-0.2, -0.15) is 4.21 Å². The van der Waals surface area contributed by atoms with Crippen LogP contribution in [0, 0.1) is 6.92 Å². The molecule has 0 aliphatic rings. The third-order valence-corrected chi connectivity index (χ3v) is 2.44. The predicted octanol–water partition coefficient (Wildman–Crippen LogP) is 1.77. The Morgan fingerprint density at radius 1 is 1.40 bits per heavy atom. The number of benzene rings is 1. The highest BCUT2D eigenvalue weighted by atomic mass is 32.2. The summed E-state index contributed by atoms with van der Waals surface area (Å²) < 4.78 is 20.2. The smallest absolute Gasteiger partial charge is 0.339 e. The van der Waals surface area contributed by atoms with Crippen LogP contribution in [0.25, 0.3) is 0 Å². The van der Waals surface area contributed by atoms with Gasteiger partial charge in [-0.1, -0.05) is 18.2 Å². The van der Waals surface area contributed by atoms with Gasteiger partial charge in [0, 0.05) is 0 Å². The molecule has 0 aliphatic heterocycles. The average molecular weight is 228 g/mol. The first-order chi connectivity index (χ1) is 7.15. The van der Waals surface area contributed by atoms with E-state index in [2.05, 4.69) is 8.37 Å². The van der Waals surface area contributed by atoms with Crippen LogP contribution >= 0.6 is 0 Å². The van der Waals surface area contributed by atoms with Gasteiger partial charge in [0.25, 0.3) is 0 Å². The Bertz CT molecular complexity index is 375. The molecular weight excluding hydrogens is 216 g/mol. The molecule has 82 valence electrons. The fourth-order valence-corrected chi connectivity index (χ4v) is 1.48. The van der Waals surface area contributed by atoms with Gasteiger partial charge < -0.3 is 4.18 Å². The maximum Gasteiger partial charge on any atom is 0.363 e. The molecule has 1 rings (SSSR count). The Morgan fingerprint density at radius 2 is 2.07 bits per heavy atom. The van der Waals surface area contributed by atoms with Crippen molar-refractivity contribution in [2.24, 2.45) is 0 Å². The minimum absolute atomic E-state index is 0.230. The molecule has 0 amide bonds. The zero-order valence-electron chi connectivity index (χ0n) is 8.56. The molecule has 1 aromatic carbocycles. The topological polar surface area (TPSA) is 52.6 Å². The van der Waals surface area contributed by atoms with Crippen LogP contribution < -0.4 is 0 Å². The second-order valence-corrected chi connectivity index (χ2v) is 3.61. The lowest BCUT2D eigenvalue weighted by Gasteiger charge is -2.04. The SMILES string of the molecule is CCOS(=O)OC(=O)c1ccccc1C. The van der Waals surface area contributed by atoms with Crippen molar-refractivity contribution in [2.75, 3.05) is 6.61 Å². The predicted molar refractivity (Wildman–Crippen MR) is 56.4 cm³/mol. The summed E-state index contributed by atoms with van der Waals surface area (Å²) in [6.45, 7) is 3.67. The van der Waals surface area contributed by atoms with E-state index < -0.39 is 17.3 Å². The van der Waals surface area contributed by atoms with Crippen LogP contribution in [-0.4, -0.2) is 16.8 Å². The maximum atomic E-state index is 11.5. The van der Waals surface area contributed by atoms with Crippen molar-refractivity contribution in [3.8, 4) is 0 Å². The van der Waals surface area contributed by atoms with Crippen LogP contribution in [-0.2, 0) is 19.7 Å². The number of carbonyl (C=O) groups is 1. The van der Waals surface area contributed by atoms with E-state index in [-0.39, 0.29) is 6.61 Å². The third kappa shape index (κ3) is 3.45. The van der Waals surface area contributed by atoms with E-state index in [4.69, 9.17) is 0 Å². The van der Waals surface area contributed by atoms with Gasteiger partial charge in [-0.15, -0.1) is 0 Å². The molecular formula is C10H12O4S. The van der Waals surface area contributed by atoms with E-state index in [1.165, 1.54) is 0 Å². The number of rotatable bonds is 4.